The number of aryl methyl sites for hydroxylation is 1. The number of nitrogens with zero attached hydrogens (tertiary/aromatic N) is 4. The molecule has 6 rings (SSSR count). The van der Waals surface area contributed by atoms with Crippen molar-refractivity contribution in [3.8, 4) is 23.0 Å². The Bertz CT molecular complexity index is 1310. The van der Waals surface area contributed by atoms with Crippen molar-refractivity contribution in [2.75, 3.05) is 6.79 Å². The number of amides is 1. The lowest BCUT2D eigenvalue weighted by Crippen LogP contribution is -2.26. The molecular weight excluding hydrogens is 392 g/mol. The number of ether oxygens (including phenoxy) is 2. The maximum atomic E-state index is 13.2. The summed E-state index contributed by atoms with van der Waals surface area (Å²) in [6.07, 6.45) is 4.01. The highest BCUT2D eigenvalue weighted by Crippen LogP contribution is 2.35. The molecule has 0 radical (unpaired) electrons. The van der Waals surface area contributed by atoms with Gasteiger partial charge < -0.3 is 18.9 Å². The molecule has 154 valence electrons. The third-order valence-electron chi connectivity index (χ3n) is 5.73. The van der Waals surface area contributed by atoms with Gasteiger partial charge in [0, 0.05) is 23.5 Å². The maximum Gasteiger partial charge on any atom is 0.254 e. The Morgan fingerprint density at radius 2 is 1.81 bits per heavy atom. The van der Waals surface area contributed by atoms with Gasteiger partial charge >= 0.3 is 0 Å². The van der Waals surface area contributed by atoms with Crippen molar-refractivity contribution in [3.05, 3.63) is 89.4 Å². The molecule has 7 heteroatoms. The molecule has 2 aromatic carbocycles. The Hall–Kier alpha value is -4.00. The van der Waals surface area contributed by atoms with Crippen LogP contribution in [-0.4, -0.2) is 31.9 Å². The van der Waals surface area contributed by atoms with Gasteiger partial charge in [0.05, 0.1) is 24.5 Å². The van der Waals surface area contributed by atoms with E-state index in [0.29, 0.717) is 30.2 Å². The number of benzene rings is 2. The van der Waals surface area contributed by atoms with Crippen LogP contribution >= 0.6 is 0 Å². The summed E-state index contributed by atoms with van der Waals surface area (Å²) >= 11 is 0. The van der Waals surface area contributed by atoms with Gasteiger partial charge in [-0.2, -0.15) is 5.10 Å². The van der Waals surface area contributed by atoms with E-state index in [1.165, 1.54) is 5.56 Å². The number of rotatable bonds is 3. The first-order chi connectivity index (χ1) is 15.2. The molecule has 2 aliphatic rings. The third-order valence-corrected chi connectivity index (χ3v) is 5.73. The van der Waals surface area contributed by atoms with Gasteiger partial charge in [0.25, 0.3) is 5.91 Å². The second-order valence-corrected chi connectivity index (χ2v) is 7.82. The minimum atomic E-state index is -0.0446. The fourth-order valence-corrected chi connectivity index (χ4v) is 4.24. The average Bonchev–Trinajstić information content (AvgIpc) is 3.55. The number of carbonyl (C=O) groups is 1. The molecular formula is C24H20N4O3. The van der Waals surface area contributed by atoms with Crippen LogP contribution in [0.4, 0.5) is 0 Å². The minimum absolute atomic E-state index is 0.0446. The Balaban J connectivity index is 1.37. The van der Waals surface area contributed by atoms with Gasteiger partial charge in [0.15, 0.2) is 11.5 Å². The Morgan fingerprint density at radius 3 is 2.65 bits per heavy atom. The zero-order valence-electron chi connectivity index (χ0n) is 17.0. The SMILES string of the molecule is Cc1cccc(-n2nc3c(c2-n2cccc2)CN(C(=O)c2ccc4c(c2)OCO4)C3)c1. The largest absolute Gasteiger partial charge is 0.454 e. The summed E-state index contributed by atoms with van der Waals surface area (Å²) in [5.41, 5.74) is 4.74. The van der Waals surface area contributed by atoms with E-state index in [2.05, 4.69) is 29.7 Å². The van der Waals surface area contributed by atoms with Crippen molar-refractivity contribution >= 4 is 5.91 Å². The molecule has 0 spiro atoms. The van der Waals surface area contributed by atoms with Gasteiger partial charge in [-0.15, -0.1) is 0 Å². The number of aromatic nitrogens is 3. The molecule has 2 aromatic heterocycles. The van der Waals surface area contributed by atoms with E-state index in [1.54, 1.807) is 18.2 Å². The normalized spacial score (nSPS) is 14.2. The molecule has 0 atom stereocenters. The van der Waals surface area contributed by atoms with Gasteiger partial charge in [-0.3, -0.25) is 4.79 Å². The maximum absolute atomic E-state index is 13.2. The first kappa shape index (κ1) is 17.8. The average molecular weight is 412 g/mol. The minimum Gasteiger partial charge on any atom is -0.454 e. The van der Waals surface area contributed by atoms with Crippen LogP contribution in [0, 0.1) is 6.92 Å². The smallest absolute Gasteiger partial charge is 0.254 e. The number of hydrogen-bond donors (Lipinski definition) is 0. The Morgan fingerprint density at radius 1 is 0.968 bits per heavy atom. The van der Waals surface area contributed by atoms with Gasteiger partial charge in [0.1, 0.15) is 5.82 Å². The van der Waals surface area contributed by atoms with Gasteiger partial charge in [-0.25, -0.2) is 4.68 Å². The van der Waals surface area contributed by atoms with Crippen LogP contribution in [0.15, 0.2) is 67.0 Å². The van der Waals surface area contributed by atoms with Crippen LogP contribution in [-0.2, 0) is 13.1 Å². The summed E-state index contributed by atoms with van der Waals surface area (Å²) in [7, 11) is 0. The van der Waals surface area contributed by atoms with Crippen LogP contribution in [0.5, 0.6) is 11.5 Å². The highest BCUT2D eigenvalue weighted by molar-refractivity contribution is 5.95. The topological polar surface area (TPSA) is 61.5 Å². The number of fused-ring (bicyclic) bond motifs is 2. The number of hydrogen-bond acceptors (Lipinski definition) is 4. The zero-order chi connectivity index (χ0) is 20.9. The van der Waals surface area contributed by atoms with Crippen molar-refractivity contribution in [2.45, 2.75) is 20.0 Å². The van der Waals surface area contributed by atoms with E-state index < -0.39 is 0 Å². The van der Waals surface area contributed by atoms with E-state index in [-0.39, 0.29) is 12.7 Å². The lowest BCUT2D eigenvalue weighted by atomic mass is 10.2. The van der Waals surface area contributed by atoms with Gasteiger partial charge in [0.2, 0.25) is 6.79 Å². The van der Waals surface area contributed by atoms with Crippen molar-refractivity contribution < 1.29 is 14.3 Å². The van der Waals surface area contributed by atoms with Crippen molar-refractivity contribution in [3.63, 3.8) is 0 Å². The highest BCUT2D eigenvalue weighted by atomic mass is 16.7. The molecule has 0 unspecified atom stereocenters. The highest BCUT2D eigenvalue weighted by Gasteiger charge is 2.32. The van der Waals surface area contributed by atoms with Crippen LogP contribution in [0.3, 0.4) is 0 Å². The fraction of sp³-hybridized carbons (Fsp3) is 0.167. The predicted octanol–water partition coefficient (Wildman–Crippen LogP) is 3.86. The lowest BCUT2D eigenvalue weighted by molar-refractivity contribution is 0.0749. The van der Waals surface area contributed by atoms with Gasteiger partial charge in [-0.1, -0.05) is 12.1 Å². The first-order valence-electron chi connectivity index (χ1n) is 10.2. The van der Waals surface area contributed by atoms with E-state index in [1.807, 2.05) is 40.2 Å². The molecule has 7 nitrogen and oxygen atoms in total. The molecule has 1 amide bonds. The monoisotopic (exact) mass is 412 g/mol. The third kappa shape index (κ3) is 2.89. The Labute approximate surface area is 179 Å². The molecule has 0 bridgehead atoms. The van der Waals surface area contributed by atoms with E-state index in [0.717, 1.165) is 22.8 Å². The summed E-state index contributed by atoms with van der Waals surface area (Å²) in [6, 6.07) is 17.6. The van der Waals surface area contributed by atoms with E-state index in [4.69, 9.17) is 14.6 Å². The van der Waals surface area contributed by atoms with Crippen LogP contribution in [0.2, 0.25) is 0 Å². The molecule has 0 aliphatic carbocycles. The van der Waals surface area contributed by atoms with Crippen molar-refractivity contribution in [1.29, 1.82) is 0 Å². The molecule has 0 fully saturated rings. The molecule has 4 aromatic rings. The summed E-state index contributed by atoms with van der Waals surface area (Å²) < 4.78 is 14.8. The quantitative estimate of drug-likeness (QED) is 0.513. The standard InChI is InChI=1S/C24H20N4O3/c1-16-5-4-6-18(11-16)28-23(26-9-2-3-10-26)19-13-27(14-20(19)25-28)24(29)17-7-8-21-22(12-17)31-15-30-21/h2-12H,13-15H2,1H3. The first-order valence-corrected chi connectivity index (χ1v) is 10.2. The molecule has 31 heavy (non-hydrogen) atoms. The number of carbonyl (C=O) groups excluding carboxylic acids is 1. The summed E-state index contributed by atoms with van der Waals surface area (Å²) in [6.45, 7) is 3.23. The van der Waals surface area contributed by atoms with Crippen LogP contribution in [0.25, 0.3) is 11.5 Å². The zero-order valence-corrected chi connectivity index (χ0v) is 17.0. The molecule has 0 saturated heterocycles. The molecule has 0 N–H and O–H groups in total. The van der Waals surface area contributed by atoms with Crippen LogP contribution < -0.4 is 9.47 Å². The van der Waals surface area contributed by atoms with Crippen molar-refractivity contribution in [2.24, 2.45) is 0 Å². The predicted molar refractivity (Wildman–Crippen MR) is 114 cm³/mol. The van der Waals surface area contributed by atoms with Gasteiger partial charge in [-0.05, 0) is 55.0 Å². The lowest BCUT2D eigenvalue weighted by Gasteiger charge is -2.18. The van der Waals surface area contributed by atoms with E-state index in [9.17, 15) is 4.79 Å². The van der Waals surface area contributed by atoms with E-state index >= 15 is 0 Å². The summed E-state index contributed by atoms with van der Waals surface area (Å²) in [5, 5.41) is 4.90. The second-order valence-electron chi connectivity index (χ2n) is 7.82. The second kappa shape index (κ2) is 6.77. The van der Waals surface area contributed by atoms with Crippen molar-refractivity contribution in [1.82, 2.24) is 19.2 Å². The summed E-state index contributed by atoms with van der Waals surface area (Å²) in [4.78, 5) is 15.0. The molecule has 4 heterocycles. The summed E-state index contributed by atoms with van der Waals surface area (Å²) in [5.74, 6) is 2.20. The molecule has 2 aliphatic heterocycles. The van der Waals surface area contributed by atoms with Crippen LogP contribution in [0.1, 0.15) is 27.2 Å². The fourth-order valence-electron chi connectivity index (χ4n) is 4.24. The Kier molecular flexibility index (Phi) is 3.89. The molecule has 0 saturated carbocycles.